The summed E-state index contributed by atoms with van der Waals surface area (Å²) in [6.45, 7) is 4.08. The molecular formula is C38H65NO4. The van der Waals surface area contributed by atoms with Gasteiger partial charge in [0, 0.05) is 6.42 Å². The normalized spacial score (nSPS) is 14.8. The average Bonchev–Trinajstić information content (AvgIpc) is 3.00. The van der Waals surface area contributed by atoms with Gasteiger partial charge in [-0.3, -0.25) is 4.79 Å². The van der Waals surface area contributed by atoms with Gasteiger partial charge in [-0.25, -0.2) is 0 Å². The Kier molecular flexibility index (Phi) is 31.0. The van der Waals surface area contributed by atoms with E-state index in [1.807, 2.05) is 30.4 Å². The van der Waals surface area contributed by atoms with Crippen molar-refractivity contribution in [2.24, 2.45) is 0 Å². The molecule has 0 heterocycles. The topological polar surface area (TPSA) is 89.8 Å². The number of rotatable bonds is 29. The van der Waals surface area contributed by atoms with Crippen molar-refractivity contribution in [3.63, 3.8) is 0 Å². The lowest BCUT2D eigenvalue weighted by Crippen LogP contribution is -2.45. The summed E-state index contributed by atoms with van der Waals surface area (Å²) in [5.74, 6) is -0.152. The number of hydrogen-bond acceptors (Lipinski definition) is 4. The minimum Gasteiger partial charge on any atom is -0.394 e. The first-order chi connectivity index (χ1) is 21.0. The van der Waals surface area contributed by atoms with Crippen molar-refractivity contribution in [3.05, 3.63) is 72.9 Å². The third-order valence-electron chi connectivity index (χ3n) is 7.28. The fraction of sp³-hybridized carbons (Fsp3) is 0.658. The quantitative estimate of drug-likeness (QED) is 0.0392. The molecule has 5 heteroatoms. The summed E-state index contributed by atoms with van der Waals surface area (Å²) in [7, 11) is 0. The number of nitrogens with one attached hydrogen (secondary N) is 1. The van der Waals surface area contributed by atoms with E-state index in [1.165, 1.54) is 64.2 Å². The number of carbonyl (C=O) groups excluding carboxylic acids is 1. The minimum absolute atomic E-state index is 0.152. The van der Waals surface area contributed by atoms with E-state index in [9.17, 15) is 20.1 Å². The third-order valence-corrected chi connectivity index (χ3v) is 7.28. The van der Waals surface area contributed by atoms with E-state index in [0.29, 0.717) is 19.3 Å². The highest BCUT2D eigenvalue weighted by Crippen LogP contribution is 2.12. The molecule has 0 aromatic rings. The van der Waals surface area contributed by atoms with Crippen LogP contribution in [0.2, 0.25) is 0 Å². The van der Waals surface area contributed by atoms with Crippen LogP contribution in [-0.2, 0) is 4.79 Å². The summed E-state index contributed by atoms with van der Waals surface area (Å²) < 4.78 is 0. The maximum Gasteiger partial charge on any atom is 0.220 e. The molecule has 0 rings (SSSR count). The molecule has 246 valence electrons. The number of unbranched alkanes of at least 4 members (excludes halogenated alkanes) is 12. The summed E-state index contributed by atoms with van der Waals surface area (Å²) >= 11 is 0. The maximum absolute atomic E-state index is 12.3. The van der Waals surface area contributed by atoms with Gasteiger partial charge in [0.25, 0.3) is 0 Å². The molecule has 3 atom stereocenters. The zero-order chi connectivity index (χ0) is 31.6. The molecule has 0 saturated carbocycles. The molecule has 0 fully saturated rings. The largest absolute Gasteiger partial charge is 0.394 e. The van der Waals surface area contributed by atoms with E-state index < -0.39 is 18.2 Å². The van der Waals surface area contributed by atoms with Gasteiger partial charge in [-0.15, -0.1) is 0 Å². The van der Waals surface area contributed by atoms with Crippen LogP contribution in [0.25, 0.3) is 0 Å². The first-order valence-corrected chi connectivity index (χ1v) is 17.3. The Balaban J connectivity index is 3.90. The van der Waals surface area contributed by atoms with Gasteiger partial charge in [0.05, 0.1) is 24.9 Å². The molecule has 1 unspecified atom stereocenters. The van der Waals surface area contributed by atoms with Crippen molar-refractivity contribution in [3.8, 4) is 0 Å². The van der Waals surface area contributed by atoms with Gasteiger partial charge in [0.2, 0.25) is 5.91 Å². The number of allylic oxidation sites excluding steroid dienone is 9. The zero-order valence-electron chi connectivity index (χ0n) is 27.6. The van der Waals surface area contributed by atoms with E-state index in [2.05, 4.69) is 49.5 Å². The molecule has 4 N–H and O–H groups in total. The van der Waals surface area contributed by atoms with Gasteiger partial charge in [-0.2, -0.15) is 0 Å². The van der Waals surface area contributed by atoms with Crippen LogP contribution in [0.3, 0.4) is 0 Å². The Bertz CT molecular complexity index is 796. The lowest BCUT2D eigenvalue weighted by Gasteiger charge is -2.19. The summed E-state index contributed by atoms with van der Waals surface area (Å²) in [5.41, 5.74) is 0. The van der Waals surface area contributed by atoms with Crippen molar-refractivity contribution in [1.29, 1.82) is 0 Å². The molecule has 0 saturated heterocycles. The second-order valence-electron chi connectivity index (χ2n) is 11.4. The summed E-state index contributed by atoms with van der Waals surface area (Å²) in [5, 5.41) is 32.7. The van der Waals surface area contributed by atoms with Crippen molar-refractivity contribution in [2.75, 3.05) is 6.61 Å². The maximum atomic E-state index is 12.3. The van der Waals surface area contributed by atoms with E-state index in [-0.39, 0.29) is 12.5 Å². The highest BCUT2D eigenvalue weighted by Gasteiger charge is 2.17. The summed E-state index contributed by atoms with van der Waals surface area (Å²) in [4.78, 5) is 12.3. The van der Waals surface area contributed by atoms with Gasteiger partial charge < -0.3 is 20.6 Å². The number of hydrogen-bond donors (Lipinski definition) is 4. The Hall–Kier alpha value is -2.21. The molecule has 0 aliphatic rings. The first-order valence-electron chi connectivity index (χ1n) is 17.3. The van der Waals surface area contributed by atoms with Gasteiger partial charge in [-0.05, 0) is 51.4 Å². The van der Waals surface area contributed by atoms with Crippen LogP contribution in [0, 0.1) is 0 Å². The Morgan fingerprint density at radius 2 is 1.26 bits per heavy atom. The van der Waals surface area contributed by atoms with Crippen LogP contribution in [0.1, 0.15) is 136 Å². The van der Waals surface area contributed by atoms with Gasteiger partial charge in [-0.1, -0.05) is 151 Å². The molecule has 0 aliphatic carbocycles. The van der Waals surface area contributed by atoms with E-state index in [0.717, 1.165) is 38.5 Å². The molecule has 43 heavy (non-hydrogen) atoms. The van der Waals surface area contributed by atoms with Crippen LogP contribution in [0.15, 0.2) is 72.9 Å². The third kappa shape index (κ3) is 29.6. The zero-order valence-corrected chi connectivity index (χ0v) is 27.6. The second-order valence-corrected chi connectivity index (χ2v) is 11.4. The van der Waals surface area contributed by atoms with E-state index >= 15 is 0 Å². The predicted octanol–water partition coefficient (Wildman–Crippen LogP) is 8.97. The highest BCUT2D eigenvalue weighted by molar-refractivity contribution is 5.76. The Labute approximate surface area is 264 Å². The van der Waals surface area contributed by atoms with E-state index in [1.54, 1.807) is 12.2 Å². The van der Waals surface area contributed by atoms with E-state index in [4.69, 9.17) is 0 Å². The molecule has 0 aromatic carbocycles. The second kappa shape index (κ2) is 32.7. The number of aliphatic hydroxyl groups is 3. The first kappa shape index (κ1) is 40.8. The average molecular weight is 600 g/mol. The van der Waals surface area contributed by atoms with Gasteiger partial charge >= 0.3 is 0 Å². The number of carbonyl (C=O) groups is 1. The number of aliphatic hydroxyl groups excluding tert-OH is 3. The standard InChI is InChI=1S/C38H65NO4/c1-3-5-7-9-11-12-13-14-15-16-20-24-28-32-37(42)36(34-40)39-38(43)33-29-25-21-18-17-19-23-27-31-35(41)30-26-22-10-8-6-4-2/h6,8,18-19,21-23,26-28,31-32,35-37,40-42H,3-5,7,9-17,20,24-25,29-30,33-34H2,1-2H3,(H,39,43)/b8-6-,21-18-,23-19-,26-22-,31-27+,32-28+/t35?,36-,37+/m0/s1. The lowest BCUT2D eigenvalue weighted by molar-refractivity contribution is -0.122. The van der Waals surface area contributed by atoms with Crippen molar-refractivity contribution >= 4 is 5.91 Å². The Morgan fingerprint density at radius 3 is 1.93 bits per heavy atom. The minimum atomic E-state index is -0.882. The van der Waals surface area contributed by atoms with Gasteiger partial charge in [0.1, 0.15) is 0 Å². The van der Waals surface area contributed by atoms with Crippen LogP contribution < -0.4 is 5.32 Å². The Morgan fingerprint density at radius 1 is 0.651 bits per heavy atom. The molecule has 5 nitrogen and oxygen atoms in total. The fourth-order valence-electron chi connectivity index (χ4n) is 4.59. The van der Waals surface area contributed by atoms with Crippen molar-refractivity contribution < 1.29 is 20.1 Å². The van der Waals surface area contributed by atoms with Crippen LogP contribution >= 0.6 is 0 Å². The summed E-state index contributed by atoms with van der Waals surface area (Å²) in [6.07, 6.45) is 42.9. The van der Waals surface area contributed by atoms with Crippen molar-refractivity contribution in [1.82, 2.24) is 5.32 Å². The smallest absolute Gasteiger partial charge is 0.220 e. The molecule has 0 bridgehead atoms. The molecule has 0 aliphatic heterocycles. The molecule has 0 spiro atoms. The highest BCUT2D eigenvalue weighted by atomic mass is 16.3. The van der Waals surface area contributed by atoms with Crippen molar-refractivity contribution in [2.45, 2.75) is 154 Å². The molecular weight excluding hydrogens is 534 g/mol. The summed E-state index contributed by atoms with van der Waals surface area (Å²) in [6, 6.07) is -0.674. The molecule has 0 radical (unpaired) electrons. The predicted molar refractivity (Wildman–Crippen MR) is 185 cm³/mol. The van der Waals surface area contributed by atoms with Crippen LogP contribution in [0.5, 0.6) is 0 Å². The molecule has 1 amide bonds. The van der Waals surface area contributed by atoms with Gasteiger partial charge in [0.15, 0.2) is 0 Å². The van der Waals surface area contributed by atoms with Crippen LogP contribution in [-0.4, -0.2) is 46.1 Å². The molecule has 0 aromatic heterocycles. The lowest BCUT2D eigenvalue weighted by atomic mass is 10.0. The fourth-order valence-corrected chi connectivity index (χ4v) is 4.59. The SMILES string of the molecule is CC/C=C\C/C=C\CC(O)/C=C/C=C\C/C=C\CCCC(=O)N[C@@H](CO)[C@H](O)/C=C/CCCCCCCCCCCCC. The van der Waals surface area contributed by atoms with Crippen LogP contribution in [0.4, 0.5) is 0 Å². The monoisotopic (exact) mass is 599 g/mol. The number of amides is 1.